The molecule has 1 N–H and O–H groups in total. The average Bonchev–Trinajstić information content (AvgIpc) is 2.94. The third-order valence-electron chi connectivity index (χ3n) is 6.59. The molecular formula is C31H39N3O5S. The van der Waals surface area contributed by atoms with E-state index in [-0.39, 0.29) is 17.3 Å². The summed E-state index contributed by atoms with van der Waals surface area (Å²) in [4.78, 5) is 28.6. The first kappa shape index (κ1) is 30.7. The number of ether oxygens (including phenoxy) is 1. The molecule has 3 aromatic carbocycles. The van der Waals surface area contributed by atoms with Crippen molar-refractivity contribution in [3.63, 3.8) is 0 Å². The normalized spacial score (nSPS) is 11.9. The Morgan fingerprint density at radius 2 is 1.62 bits per heavy atom. The molecule has 0 fully saturated rings. The van der Waals surface area contributed by atoms with Crippen LogP contribution >= 0.6 is 0 Å². The Balaban J connectivity index is 2.03. The lowest BCUT2D eigenvalue weighted by molar-refractivity contribution is -0.139. The van der Waals surface area contributed by atoms with Crippen LogP contribution in [0.2, 0.25) is 0 Å². The number of carbonyl (C=O) groups excluding carboxylic acids is 2. The number of carbonyl (C=O) groups is 2. The van der Waals surface area contributed by atoms with Gasteiger partial charge in [0.15, 0.2) is 0 Å². The van der Waals surface area contributed by atoms with Crippen molar-refractivity contribution in [2.75, 3.05) is 24.5 Å². The summed E-state index contributed by atoms with van der Waals surface area (Å²) in [7, 11) is -2.54. The minimum Gasteiger partial charge on any atom is -0.497 e. The molecule has 0 aliphatic carbocycles. The van der Waals surface area contributed by atoms with Crippen molar-refractivity contribution >= 4 is 27.5 Å². The lowest BCUT2D eigenvalue weighted by Gasteiger charge is -2.32. The number of benzene rings is 3. The SMILES string of the molecule is CCCCNC(=O)[C@H](C)N(Cc1cccc(OC)c1)C(=O)CN(c1cc(C)cc(C)c1)S(=O)(=O)c1ccccc1. The summed E-state index contributed by atoms with van der Waals surface area (Å²) in [6.45, 7) is 7.57. The van der Waals surface area contributed by atoms with E-state index in [1.165, 1.54) is 17.0 Å². The van der Waals surface area contributed by atoms with Crippen LogP contribution in [0.15, 0.2) is 77.7 Å². The number of nitrogens with one attached hydrogen (secondary N) is 1. The molecule has 3 rings (SSSR count). The van der Waals surface area contributed by atoms with Crippen LogP contribution < -0.4 is 14.4 Å². The van der Waals surface area contributed by atoms with Gasteiger partial charge in [-0.25, -0.2) is 8.42 Å². The summed E-state index contributed by atoms with van der Waals surface area (Å²) < 4.78 is 34.3. The second kappa shape index (κ2) is 14.0. The van der Waals surface area contributed by atoms with Crippen LogP contribution in [-0.2, 0) is 26.2 Å². The Kier molecular flexibility index (Phi) is 10.7. The molecule has 1 atom stereocenters. The molecule has 0 bridgehead atoms. The van der Waals surface area contributed by atoms with Gasteiger partial charge in [0.1, 0.15) is 18.3 Å². The van der Waals surface area contributed by atoms with E-state index in [2.05, 4.69) is 5.32 Å². The number of methoxy groups -OCH3 is 1. The molecule has 40 heavy (non-hydrogen) atoms. The predicted octanol–water partition coefficient (Wildman–Crippen LogP) is 4.84. The van der Waals surface area contributed by atoms with Crippen LogP contribution in [-0.4, -0.2) is 51.4 Å². The van der Waals surface area contributed by atoms with E-state index in [4.69, 9.17) is 4.74 Å². The van der Waals surface area contributed by atoms with Crippen molar-refractivity contribution in [1.82, 2.24) is 10.2 Å². The Hall–Kier alpha value is -3.85. The zero-order chi connectivity index (χ0) is 29.3. The van der Waals surface area contributed by atoms with Gasteiger partial charge in [0, 0.05) is 13.1 Å². The number of hydrogen-bond donors (Lipinski definition) is 1. The fourth-order valence-corrected chi connectivity index (χ4v) is 5.85. The van der Waals surface area contributed by atoms with Crippen LogP contribution in [0, 0.1) is 13.8 Å². The van der Waals surface area contributed by atoms with Crippen molar-refractivity contribution in [2.24, 2.45) is 0 Å². The number of aryl methyl sites for hydroxylation is 2. The third kappa shape index (κ3) is 7.85. The van der Waals surface area contributed by atoms with Crippen LogP contribution in [0.5, 0.6) is 5.75 Å². The largest absolute Gasteiger partial charge is 0.497 e. The molecule has 0 unspecified atom stereocenters. The quantitative estimate of drug-likeness (QED) is 0.299. The van der Waals surface area contributed by atoms with Crippen molar-refractivity contribution in [3.8, 4) is 5.75 Å². The van der Waals surface area contributed by atoms with Gasteiger partial charge in [0.05, 0.1) is 17.7 Å². The molecule has 3 aromatic rings. The Labute approximate surface area is 238 Å². The first-order valence-electron chi connectivity index (χ1n) is 13.4. The van der Waals surface area contributed by atoms with Gasteiger partial charge in [-0.05, 0) is 80.3 Å². The molecule has 0 aliphatic rings. The second-order valence-corrected chi connectivity index (χ2v) is 11.7. The monoisotopic (exact) mass is 565 g/mol. The first-order chi connectivity index (χ1) is 19.1. The summed E-state index contributed by atoms with van der Waals surface area (Å²) in [6, 6.07) is 19.9. The smallest absolute Gasteiger partial charge is 0.264 e. The topological polar surface area (TPSA) is 96.0 Å². The maximum atomic E-state index is 14.0. The van der Waals surface area contributed by atoms with Crippen LogP contribution in [0.1, 0.15) is 43.4 Å². The van der Waals surface area contributed by atoms with E-state index in [0.29, 0.717) is 18.0 Å². The molecule has 9 heteroatoms. The van der Waals surface area contributed by atoms with Gasteiger partial charge in [-0.3, -0.25) is 13.9 Å². The molecule has 0 saturated heterocycles. The van der Waals surface area contributed by atoms with E-state index < -0.39 is 28.5 Å². The number of hydrogen-bond acceptors (Lipinski definition) is 5. The first-order valence-corrected chi connectivity index (χ1v) is 14.9. The van der Waals surface area contributed by atoms with E-state index in [1.54, 1.807) is 56.5 Å². The predicted molar refractivity (Wildman–Crippen MR) is 158 cm³/mol. The Morgan fingerprint density at radius 3 is 2.25 bits per heavy atom. The number of amides is 2. The zero-order valence-electron chi connectivity index (χ0n) is 23.9. The van der Waals surface area contributed by atoms with E-state index in [0.717, 1.165) is 33.8 Å². The standard InChI is InChI=1S/C31H39N3O5S/c1-6-7-16-32-31(36)25(4)33(21-26-12-11-13-28(20-26)39-5)30(35)22-34(27-18-23(2)17-24(3)19-27)40(37,38)29-14-9-8-10-15-29/h8-15,17-20,25H,6-7,16,21-22H2,1-5H3,(H,32,36)/t25-/m0/s1. The molecule has 214 valence electrons. The molecule has 2 amide bonds. The molecule has 8 nitrogen and oxygen atoms in total. The highest BCUT2D eigenvalue weighted by molar-refractivity contribution is 7.92. The molecule has 0 aliphatic heterocycles. The van der Waals surface area contributed by atoms with Gasteiger partial charge in [-0.1, -0.05) is 49.7 Å². The lowest BCUT2D eigenvalue weighted by atomic mass is 10.1. The summed E-state index contributed by atoms with van der Waals surface area (Å²) in [5.74, 6) is -0.179. The van der Waals surface area contributed by atoms with Gasteiger partial charge in [0.25, 0.3) is 10.0 Å². The van der Waals surface area contributed by atoms with Crippen molar-refractivity contribution in [1.29, 1.82) is 0 Å². The van der Waals surface area contributed by atoms with Gasteiger partial charge < -0.3 is 15.0 Å². The number of anilines is 1. The number of nitrogens with zero attached hydrogens (tertiary/aromatic N) is 2. The average molecular weight is 566 g/mol. The van der Waals surface area contributed by atoms with E-state index in [1.807, 2.05) is 39.0 Å². The van der Waals surface area contributed by atoms with Gasteiger partial charge in [-0.15, -0.1) is 0 Å². The van der Waals surface area contributed by atoms with Crippen molar-refractivity contribution < 1.29 is 22.7 Å². The third-order valence-corrected chi connectivity index (χ3v) is 8.38. The summed E-state index contributed by atoms with van der Waals surface area (Å²) in [5.41, 5.74) is 2.88. The maximum absolute atomic E-state index is 14.0. The Morgan fingerprint density at radius 1 is 0.950 bits per heavy atom. The van der Waals surface area contributed by atoms with Crippen molar-refractivity contribution in [3.05, 3.63) is 89.5 Å². The minimum atomic E-state index is -4.10. The fraction of sp³-hybridized carbons (Fsp3) is 0.355. The molecular weight excluding hydrogens is 526 g/mol. The minimum absolute atomic E-state index is 0.0756. The summed E-state index contributed by atoms with van der Waals surface area (Å²) >= 11 is 0. The highest BCUT2D eigenvalue weighted by Crippen LogP contribution is 2.27. The van der Waals surface area contributed by atoms with Crippen LogP contribution in [0.3, 0.4) is 0 Å². The Bertz CT molecular complexity index is 1390. The molecule has 0 radical (unpaired) electrons. The maximum Gasteiger partial charge on any atom is 0.264 e. The van der Waals surface area contributed by atoms with Crippen LogP contribution in [0.4, 0.5) is 5.69 Å². The number of unbranched alkanes of at least 4 members (excludes halogenated alkanes) is 1. The fourth-order valence-electron chi connectivity index (χ4n) is 4.43. The van der Waals surface area contributed by atoms with Crippen LogP contribution in [0.25, 0.3) is 0 Å². The lowest BCUT2D eigenvalue weighted by Crippen LogP contribution is -2.51. The van der Waals surface area contributed by atoms with E-state index >= 15 is 0 Å². The molecule has 0 spiro atoms. The van der Waals surface area contributed by atoms with Crippen molar-refractivity contribution in [2.45, 2.75) is 58.0 Å². The highest BCUT2D eigenvalue weighted by atomic mass is 32.2. The zero-order valence-corrected chi connectivity index (χ0v) is 24.7. The van der Waals surface area contributed by atoms with E-state index in [9.17, 15) is 18.0 Å². The molecule has 0 saturated carbocycles. The van der Waals surface area contributed by atoms with Gasteiger partial charge >= 0.3 is 0 Å². The number of rotatable bonds is 13. The van der Waals surface area contributed by atoms with Gasteiger partial charge in [0.2, 0.25) is 11.8 Å². The molecule has 0 heterocycles. The summed E-state index contributed by atoms with van der Waals surface area (Å²) in [6.07, 6.45) is 1.74. The number of sulfonamides is 1. The second-order valence-electron chi connectivity index (χ2n) is 9.86. The highest BCUT2D eigenvalue weighted by Gasteiger charge is 2.32. The van der Waals surface area contributed by atoms with Gasteiger partial charge in [-0.2, -0.15) is 0 Å². The molecule has 0 aromatic heterocycles. The summed E-state index contributed by atoms with van der Waals surface area (Å²) in [5, 5.41) is 2.89.